The summed E-state index contributed by atoms with van der Waals surface area (Å²) in [6, 6.07) is 17.4. The Morgan fingerprint density at radius 2 is 1.38 bits per heavy atom. The third-order valence-electron chi connectivity index (χ3n) is 4.98. The van der Waals surface area contributed by atoms with E-state index in [1.165, 1.54) is 6.92 Å². The molecule has 0 heterocycles. The largest absolute Gasteiger partial charge is 0.491 e. The Labute approximate surface area is 214 Å². The molecular weight excluding hydrogens is 478 g/mol. The third kappa shape index (κ3) is 8.75. The maximum atomic E-state index is 12.7. The van der Waals surface area contributed by atoms with Gasteiger partial charge in [-0.25, -0.2) is 9.59 Å². The van der Waals surface area contributed by atoms with Gasteiger partial charge in [-0.05, 0) is 36.4 Å². The molecule has 0 spiro atoms. The average molecular weight is 508 g/mol. The highest BCUT2D eigenvalue weighted by molar-refractivity contribution is 5.98. The molecule has 0 aliphatic carbocycles. The van der Waals surface area contributed by atoms with E-state index in [0.29, 0.717) is 49.2 Å². The summed E-state index contributed by atoms with van der Waals surface area (Å²) in [5, 5.41) is 4.19. The van der Waals surface area contributed by atoms with Gasteiger partial charge in [0.15, 0.2) is 0 Å². The van der Waals surface area contributed by atoms with Crippen molar-refractivity contribution in [3.63, 3.8) is 0 Å². The summed E-state index contributed by atoms with van der Waals surface area (Å²) < 4.78 is 27.2. The maximum Gasteiger partial charge on any atom is 0.343 e. The number of carbonyl (C=O) groups excluding carboxylic acids is 3. The Hall–Kier alpha value is -4.21. The first-order valence-corrected chi connectivity index (χ1v) is 11.7. The van der Waals surface area contributed by atoms with Gasteiger partial charge in [-0.1, -0.05) is 30.8 Å². The predicted octanol–water partition coefficient (Wildman–Crippen LogP) is 4.16. The Bertz CT molecular complexity index is 1220. The van der Waals surface area contributed by atoms with E-state index in [2.05, 4.69) is 11.9 Å². The van der Waals surface area contributed by atoms with Crippen LogP contribution >= 0.6 is 0 Å². The molecular formula is C28H29NO8. The van der Waals surface area contributed by atoms with Gasteiger partial charge in [0.25, 0.3) is 0 Å². The van der Waals surface area contributed by atoms with Crippen LogP contribution in [-0.4, -0.2) is 57.5 Å². The summed E-state index contributed by atoms with van der Waals surface area (Å²) >= 11 is 0. The first kappa shape index (κ1) is 27.4. The summed E-state index contributed by atoms with van der Waals surface area (Å²) in [4.78, 5) is 34.8. The number of fused-ring (bicyclic) bond motifs is 1. The molecule has 1 amide bonds. The molecule has 3 aromatic rings. The second kappa shape index (κ2) is 14.4. The normalized spacial score (nSPS) is 10.5. The molecule has 0 aliphatic rings. The summed E-state index contributed by atoms with van der Waals surface area (Å²) in [6.07, 6.45) is 1.10. The molecule has 0 aliphatic heterocycles. The smallest absolute Gasteiger partial charge is 0.343 e. The summed E-state index contributed by atoms with van der Waals surface area (Å²) in [5.74, 6) is -0.136. The minimum atomic E-state index is -0.511. The highest BCUT2D eigenvalue weighted by atomic mass is 16.6. The Balaban J connectivity index is 1.48. The molecule has 0 unspecified atom stereocenters. The molecule has 37 heavy (non-hydrogen) atoms. The van der Waals surface area contributed by atoms with E-state index >= 15 is 0 Å². The van der Waals surface area contributed by atoms with Gasteiger partial charge in [0.2, 0.25) is 5.91 Å². The molecule has 0 radical (unpaired) electrons. The number of benzene rings is 3. The van der Waals surface area contributed by atoms with Crippen LogP contribution in [0, 0.1) is 0 Å². The van der Waals surface area contributed by atoms with E-state index in [1.807, 2.05) is 24.3 Å². The van der Waals surface area contributed by atoms with Crippen LogP contribution < -0.4 is 14.8 Å². The lowest BCUT2D eigenvalue weighted by atomic mass is 10.1. The standard InChI is InChI=1S/C28H29NO8/c1-3-27(31)36-19-17-34-15-14-33-16-18-35-25-12-13-26(24-7-5-4-6-23(24)25)37-28(32)21-8-10-22(11-9-21)29-20(2)30/h3-13H,1,14-19H2,2H3,(H,29,30). The van der Waals surface area contributed by atoms with Crippen molar-refractivity contribution in [2.45, 2.75) is 6.92 Å². The number of esters is 2. The van der Waals surface area contributed by atoms with Crippen LogP contribution in [-0.2, 0) is 23.8 Å². The number of anilines is 1. The van der Waals surface area contributed by atoms with Crippen molar-refractivity contribution >= 4 is 34.3 Å². The second-order valence-electron chi connectivity index (χ2n) is 7.70. The summed E-state index contributed by atoms with van der Waals surface area (Å²) in [5.41, 5.74) is 0.955. The fourth-order valence-electron chi connectivity index (χ4n) is 3.30. The van der Waals surface area contributed by atoms with Crippen molar-refractivity contribution in [1.82, 2.24) is 0 Å². The van der Waals surface area contributed by atoms with Crippen molar-refractivity contribution in [3.8, 4) is 11.5 Å². The maximum absolute atomic E-state index is 12.7. The monoisotopic (exact) mass is 507 g/mol. The highest BCUT2D eigenvalue weighted by Gasteiger charge is 2.13. The summed E-state index contributed by atoms with van der Waals surface area (Å²) in [7, 11) is 0. The van der Waals surface area contributed by atoms with Crippen molar-refractivity contribution in [2.75, 3.05) is 45.0 Å². The van der Waals surface area contributed by atoms with Crippen LogP contribution in [0.25, 0.3) is 10.8 Å². The van der Waals surface area contributed by atoms with Gasteiger partial charge in [0, 0.05) is 29.5 Å². The summed E-state index contributed by atoms with van der Waals surface area (Å²) in [6.45, 7) is 6.59. The number of ether oxygens (including phenoxy) is 5. The molecule has 3 aromatic carbocycles. The predicted molar refractivity (Wildman–Crippen MR) is 138 cm³/mol. The van der Waals surface area contributed by atoms with E-state index in [0.717, 1.165) is 16.8 Å². The number of hydrogen-bond donors (Lipinski definition) is 1. The lowest BCUT2D eigenvalue weighted by molar-refractivity contribution is -0.139. The molecule has 1 N–H and O–H groups in total. The van der Waals surface area contributed by atoms with Gasteiger partial charge in [0.05, 0.1) is 32.0 Å². The number of nitrogens with one attached hydrogen (secondary N) is 1. The van der Waals surface area contributed by atoms with Crippen LogP contribution in [0.15, 0.2) is 73.3 Å². The molecule has 0 bridgehead atoms. The van der Waals surface area contributed by atoms with Crippen molar-refractivity contribution in [3.05, 3.63) is 78.9 Å². The van der Waals surface area contributed by atoms with Crippen LogP contribution in [0.3, 0.4) is 0 Å². The van der Waals surface area contributed by atoms with Gasteiger partial charge >= 0.3 is 11.9 Å². The van der Waals surface area contributed by atoms with E-state index in [-0.39, 0.29) is 19.1 Å². The highest BCUT2D eigenvalue weighted by Crippen LogP contribution is 2.33. The van der Waals surface area contributed by atoms with Crippen LogP contribution in [0.5, 0.6) is 11.5 Å². The fraction of sp³-hybridized carbons (Fsp3) is 0.250. The lowest BCUT2D eigenvalue weighted by Gasteiger charge is -2.13. The fourth-order valence-corrected chi connectivity index (χ4v) is 3.30. The molecule has 194 valence electrons. The first-order valence-electron chi connectivity index (χ1n) is 11.7. The molecule has 0 saturated heterocycles. The second-order valence-corrected chi connectivity index (χ2v) is 7.70. The Morgan fingerprint density at radius 1 is 0.784 bits per heavy atom. The number of rotatable bonds is 14. The number of carbonyl (C=O) groups is 3. The van der Waals surface area contributed by atoms with Gasteiger partial charge in [0.1, 0.15) is 24.7 Å². The first-order chi connectivity index (χ1) is 18.0. The zero-order chi connectivity index (χ0) is 26.5. The molecule has 3 rings (SSSR count). The van der Waals surface area contributed by atoms with E-state index in [4.69, 9.17) is 23.7 Å². The zero-order valence-electron chi connectivity index (χ0n) is 20.6. The van der Waals surface area contributed by atoms with Crippen molar-refractivity contribution < 1.29 is 38.1 Å². The molecule has 9 nitrogen and oxygen atoms in total. The third-order valence-corrected chi connectivity index (χ3v) is 4.98. The molecule has 0 atom stereocenters. The number of hydrogen-bond acceptors (Lipinski definition) is 8. The van der Waals surface area contributed by atoms with Crippen molar-refractivity contribution in [1.29, 1.82) is 0 Å². The Morgan fingerprint density at radius 3 is 2.03 bits per heavy atom. The topological polar surface area (TPSA) is 109 Å². The van der Waals surface area contributed by atoms with Gasteiger partial charge in [-0.2, -0.15) is 0 Å². The minimum Gasteiger partial charge on any atom is -0.491 e. The minimum absolute atomic E-state index is 0.164. The van der Waals surface area contributed by atoms with Gasteiger partial charge in [-0.3, -0.25) is 4.79 Å². The van der Waals surface area contributed by atoms with Crippen LogP contribution in [0.4, 0.5) is 5.69 Å². The van der Waals surface area contributed by atoms with E-state index in [9.17, 15) is 14.4 Å². The van der Waals surface area contributed by atoms with Crippen molar-refractivity contribution in [2.24, 2.45) is 0 Å². The lowest BCUT2D eigenvalue weighted by Crippen LogP contribution is -2.13. The van der Waals surface area contributed by atoms with Gasteiger partial charge < -0.3 is 29.0 Å². The number of amides is 1. The Kier molecular flexibility index (Phi) is 10.6. The molecule has 0 fully saturated rings. The SMILES string of the molecule is C=CC(=O)OCCOCCOCCOc1ccc(OC(=O)c2ccc(NC(C)=O)cc2)c2ccccc12. The quantitative estimate of drug-likeness (QED) is 0.150. The van der Waals surface area contributed by atoms with Crippen LogP contribution in [0.2, 0.25) is 0 Å². The van der Waals surface area contributed by atoms with Crippen LogP contribution in [0.1, 0.15) is 17.3 Å². The van der Waals surface area contributed by atoms with Gasteiger partial charge in [-0.15, -0.1) is 0 Å². The molecule has 0 saturated carbocycles. The molecule has 9 heteroatoms. The van der Waals surface area contributed by atoms with E-state index in [1.54, 1.807) is 36.4 Å². The average Bonchev–Trinajstić information content (AvgIpc) is 2.90. The molecule has 0 aromatic heterocycles. The van der Waals surface area contributed by atoms with E-state index < -0.39 is 11.9 Å². The zero-order valence-corrected chi connectivity index (χ0v) is 20.6.